The van der Waals surface area contributed by atoms with Gasteiger partial charge in [0.05, 0.1) is 6.04 Å². The first-order chi connectivity index (χ1) is 12.5. The number of aliphatic carboxylic acids is 1. The third-order valence-electron chi connectivity index (χ3n) is 3.59. The van der Waals surface area contributed by atoms with E-state index in [-0.39, 0.29) is 12.8 Å². The third-order valence-corrected chi connectivity index (χ3v) is 4.03. The molecule has 0 aromatic heterocycles. The van der Waals surface area contributed by atoms with Crippen molar-refractivity contribution in [3.05, 3.63) is 23.8 Å². The van der Waals surface area contributed by atoms with Crippen LogP contribution in [0.4, 0.5) is 0 Å². The first-order valence-electron chi connectivity index (χ1n) is 8.09. The Bertz CT molecular complexity index is 708. The molecule has 0 fully saturated rings. The number of phenolic OH excluding ortho intramolecular Hbond substituents is 1. The number of unbranched alkanes of at least 4 members (excludes halogenated alkanes) is 1. The molecule has 27 heavy (non-hydrogen) atoms. The summed E-state index contributed by atoms with van der Waals surface area (Å²) < 4.78 is 15.1. The quantitative estimate of drug-likeness (QED) is 0.184. The van der Waals surface area contributed by atoms with E-state index in [0.29, 0.717) is 24.9 Å². The molecule has 1 amide bonds. The van der Waals surface area contributed by atoms with Crippen LogP contribution in [0.3, 0.4) is 0 Å². The minimum Gasteiger partial charge on any atom is -0.504 e. The highest BCUT2D eigenvalue weighted by Gasteiger charge is 2.24. The molecule has 0 aliphatic heterocycles. The van der Waals surface area contributed by atoms with E-state index in [0.717, 1.165) is 12.1 Å². The van der Waals surface area contributed by atoms with Gasteiger partial charge in [-0.15, -0.1) is 0 Å². The van der Waals surface area contributed by atoms with E-state index in [4.69, 9.17) is 26.4 Å². The summed E-state index contributed by atoms with van der Waals surface area (Å²) in [5, 5.41) is 21.3. The van der Waals surface area contributed by atoms with Crippen LogP contribution in [-0.2, 0) is 20.6 Å². The zero-order chi connectivity index (χ0) is 20.6. The second kappa shape index (κ2) is 10.2. The molecular formula is C15H24N3O8P. The monoisotopic (exact) mass is 405 g/mol. The van der Waals surface area contributed by atoms with Gasteiger partial charge in [0.25, 0.3) is 0 Å². The van der Waals surface area contributed by atoms with E-state index >= 15 is 0 Å². The number of benzene rings is 1. The summed E-state index contributed by atoms with van der Waals surface area (Å²) in [5.74, 6) is -2.81. The van der Waals surface area contributed by atoms with Crippen LogP contribution in [-0.4, -0.2) is 50.5 Å². The number of carbonyl (C=O) groups excluding carboxylic acids is 1. The molecule has 0 saturated heterocycles. The van der Waals surface area contributed by atoms with Gasteiger partial charge in [-0.05, 0) is 49.9 Å². The Labute approximate surface area is 155 Å². The number of aromatic hydroxyl groups is 1. The zero-order valence-corrected chi connectivity index (χ0v) is 15.3. The van der Waals surface area contributed by atoms with Crippen molar-refractivity contribution in [1.82, 2.24) is 5.32 Å². The summed E-state index contributed by atoms with van der Waals surface area (Å²) >= 11 is 0. The number of hydrogen-bond acceptors (Lipinski definition) is 7. The lowest BCUT2D eigenvalue weighted by molar-refractivity contribution is -0.142. The van der Waals surface area contributed by atoms with Gasteiger partial charge in [-0.3, -0.25) is 14.6 Å². The Morgan fingerprint density at radius 2 is 1.93 bits per heavy atom. The largest absolute Gasteiger partial charge is 0.524 e. The predicted octanol–water partition coefficient (Wildman–Crippen LogP) is -0.568. The minimum absolute atomic E-state index is 0.0370. The second-order valence-corrected chi connectivity index (χ2v) is 7.04. The number of phenols is 1. The van der Waals surface area contributed by atoms with E-state index in [9.17, 15) is 19.3 Å². The van der Waals surface area contributed by atoms with Crippen molar-refractivity contribution >= 4 is 19.7 Å². The van der Waals surface area contributed by atoms with Crippen molar-refractivity contribution < 1.29 is 38.7 Å². The van der Waals surface area contributed by atoms with Crippen LogP contribution in [0.15, 0.2) is 18.2 Å². The molecule has 12 heteroatoms. The first-order valence-corrected chi connectivity index (χ1v) is 9.62. The molecule has 0 radical (unpaired) electrons. The average Bonchev–Trinajstić information content (AvgIpc) is 2.55. The van der Waals surface area contributed by atoms with Gasteiger partial charge in [0.1, 0.15) is 6.04 Å². The number of rotatable bonds is 11. The number of phosphoric acid groups is 1. The van der Waals surface area contributed by atoms with Crippen molar-refractivity contribution in [2.45, 2.75) is 37.8 Å². The molecule has 1 aromatic carbocycles. The lowest BCUT2D eigenvalue weighted by Crippen LogP contribution is -2.49. The van der Waals surface area contributed by atoms with Gasteiger partial charge in [-0.25, -0.2) is 9.36 Å². The molecule has 0 spiro atoms. The normalized spacial score (nSPS) is 13.6. The molecule has 1 rings (SSSR count). The Morgan fingerprint density at radius 3 is 2.44 bits per heavy atom. The summed E-state index contributed by atoms with van der Waals surface area (Å²) in [6.07, 6.45) is 1.36. The van der Waals surface area contributed by atoms with Crippen LogP contribution in [0.2, 0.25) is 0 Å². The SMILES string of the molecule is NCCCCC(NC(=O)C(N)Cc1ccc(OP(=O)(O)O)c(O)c1)C(=O)O. The number of hydrogen-bond donors (Lipinski definition) is 7. The Kier molecular flexibility index (Phi) is 8.67. The minimum atomic E-state index is -4.82. The Morgan fingerprint density at radius 1 is 1.26 bits per heavy atom. The number of carboxylic acids is 1. The van der Waals surface area contributed by atoms with E-state index in [1.807, 2.05) is 0 Å². The maximum absolute atomic E-state index is 12.1. The highest BCUT2D eigenvalue weighted by molar-refractivity contribution is 7.46. The third kappa shape index (κ3) is 8.37. The summed E-state index contributed by atoms with van der Waals surface area (Å²) in [6.45, 7) is 0.422. The van der Waals surface area contributed by atoms with Gasteiger partial charge in [0.15, 0.2) is 11.5 Å². The molecule has 9 N–H and O–H groups in total. The predicted molar refractivity (Wildman–Crippen MR) is 94.9 cm³/mol. The summed E-state index contributed by atoms with van der Waals surface area (Å²) in [6, 6.07) is 1.47. The highest BCUT2D eigenvalue weighted by atomic mass is 31.2. The van der Waals surface area contributed by atoms with Crippen molar-refractivity contribution in [3.63, 3.8) is 0 Å². The maximum Gasteiger partial charge on any atom is 0.524 e. The molecule has 0 aliphatic rings. The second-order valence-electron chi connectivity index (χ2n) is 5.88. The van der Waals surface area contributed by atoms with E-state index in [1.54, 1.807) is 0 Å². The molecule has 0 saturated carbocycles. The lowest BCUT2D eigenvalue weighted by atomic mass is 10.0. The molecule has 1 aromatic rings. The smallest absolute Gasteiger partial charge is 0.504 e. The van der Waals surface area contributed by atoms with Crippen LogP contribution in [0.1, 0.15) is 24.8 Å². The molecule has 152 valence electrons. The maximum atomic E-state index is 12.1. The fraction of sp³-hybridized carbons (Fsp3) is 0.467. The van der Waals surface area contributed by atoms with E-state index in [1.165, 1.54) is 6.07 Å². The van der Waals surface area contributed by atoms with Crippen LogP contribution >= 0.6 is 7.82 Å². The van der Waals surface area contributed by atoms with Gasteiger partial charge in [0, 0.05) is 0 Å². The summed E-state index contributed by atoms with van der Waals surface area (Å²) in [7, 11) is -4.82. The van der Waals surface area contributed by atoms with Gasteiger partial charge in [0.2, 0.25) is 5.91 Å². The van der Waals surface area contributed by atoms with Gasteiger partial charge in [-0.1, -0.05) is 6.07 Å². The summed E-state index contributed by atoms with van der Waals surface area (Å²) in [4.78, 5) is 40.8. The number of amides is 1. The van der Waals surface area contributed by atoms with E-state index < -0.39 is 43.3 Å². The van der Waals surface area contributed by atoms with Gasteiger partial charge >= 0.3 is 13.8 Å². The Balaban J connectivity index is 2.69. The number of phosphoric ester groups is 1. The molecule has 2 unspecified atom stereocenters. The van der Waals surface area contributed by atoms with Crippen LogP contribution in [0.5, 0.6) is 11.5 Å². The topological polar surface area (TPSA) is 205 Å². The number of nitrogens with two attached hydrogens (primary N) is 2. The molecule has 0 heterocycles. The Hall–Kier alpha value is -2.17. The molecule has 2 atom stereocenters. The summed E-state index contributed by atoms with van der Waals surface area (Å²) in [5.41, 5.74) is 11.5. The highest BCUT2D eigenvalue weighted by Crippen LogP contribution is 2.41. The van der Waals surface area contributed by atoms with Crippen molar-refractivity contribution in [2.24, 2.45) is 11.5 Å². The molecule has 0 bridgehead atoms. The fourth-order valence-corrected chi connectivity index (χ4v) is 2.68. The zero-order valence-electron chi connectivity index (χ0n) is 14.4. The average molecular weight is 405 g/mol. The number of carboxylic acid groups (broad SMARTS) is 1. The van der Waals surface area contributed by atoms with Crippen molar-refractivity contribution in [3.8, 4) is 11.5 Å². The van der Waals surface area contributed by atoms with Gasteiger partial charge < -0.3 is 31.5 Å². The van der Waals surface area contributed by atoms with Crippen molar-refractivity contribution in [2.75, 3.05) is 6.54 Å². The number of nitrogens with one attached hydrogen (secondary N) is 1. The van der Waals surface area contributed by atoms with E-state index in [2.05, 4.69) is 9.84 Å². The molecule has 0 aliphatic carbocycles. The lowest BCUT2D eigenvalue weighted by Gasteiger charge is -2.18. The fourth-order valence-electron chi connectivity index (χ4n) is 2.27. The van der Waals surface area contributed by atoms with Crippen LogP contribution in [0.25, 0.3) is 0 Å². The molecular weight excluding hydrogens is 381 g/mol. The van der Waals surface area contributed by atoms with Crippen LogP contribution in [0, 0.1) is 0 Å². The molecule has 11 nitrogen and oxygen atoms in total. The van der Waals surface area contributed by atoms with Crippen LogP contribution < -0.4 is 21.3 Å². The number of carbonyl (C=O) groups is 2. The van der Waals surface area contributed by atoms with Crippen molar-refractivity contribution in [1.29, 1.82) is 0 Å². The van der Waals surface area contributed by atoms with Gasteiger partial charge in [-0.2, -0.15) is 0 Å². The standard InChI is InChI=1S/C15H24N3O8P/c16-6-2-1-3-11(15(21)22)18-14(20)10(17)7-9-4-5-13(12(19)8-9)26-27(23,24)25/h4-5,8,10-11,19H,1-3,6-7,16-17H2,(H,18,20)(H,21,22)(H2,23,24,25). The first kappa shape index (κ1) is 22.9.